The molecule has 1 aromatic heterocycles. The number of hydrogen-bond acceptors (Lipinski definition) is 3. The lowest BCUT2D eigenvalue weighted by molar-refractivity contribution is -0.116. The molecule has 20 heavy (non-hydrogen) atoms. The Morgan fingerprint density at radius 2 is 1.90 bits per heavy atom. The van der Waals surface area contributed by atoms with E-state index in [-0.39, 0.29) is 24.5 Å². The zero-order valence-corrected chi connectivity index (χ0v) is 12.4. The van der Waals surface area contributed by atoms with Gasteiger partial charge in [-0.3, -0.25) is 9.59 Å². The van der Waals surface area contributed by atoms with Gasteiger partial charge in [0.1, 0.15) is 0 Å². The molecule has 4 heteroatoms. The summed E-state index contributed by atoms with van der Waals surface area (Å²) in [5.41, 5.74) is 3.11. The molecule has 1 heterocycles. The van der Waals surface area contributed by atoms with Crippen molar-refractivity contribution in [3.8, 4) is 0 Å². The number of carbonyl (C=O) groups excluding carboxylic acids is 2. The molecule has 1 N–H and O–H groups in total. The lowest BCUT2D eigenvalue weighted by Crippen LogP contribution is -2.13. The van der Waals surface area contributed by atoms with Crippen molar-refractivity contribution in [3.05, 3.63) is 51.7 Å². The van der Waals surface area contributed by atoms with Crippen molar-refractivity contribution in [1.29, 1.82) is 0 Å². The molecule has 2 rings (SSSR count). The molecule has 0 fully saturated rings. The largest absolute Gasteiger partial charge is 0.326 e. The topological polar surface area (TPSA) is 46.2 Å². The zero-order valence-electron chi connectivity index (χ0n) is 11.6. The van der Waals surface area contributed by atoms with Crippen LogP contribution in [0.3, 0.4) is 0 Å². The highest BCUT2D eigenvalue weighted by molar-refractivity contribution is 7.12. The predicted molar refractivity (Wildman–Crippen MR) is 82.4 cm³/mol. The fraction of sp³-hybridized carbons (Fsp3) is 0.250. The maximum atomic E-state index is 11.8. The van der Waals surface area contributed by atoms with Gasteiger partial charge in [0.05, 0.1) is 4.88 Å². The predicted octanol–water partition coefficient (Wildman–Crippen LogP) is 3.97. The Labute approximate surface area is 122 Å². The van der Waals surface area contributed by atoms with Crippen molar-refractivity contribution in [2.45, 2.75) is 26.7 Å². The zero-order chi connectivity index (χ0) is 14.5. The number of anilines is 1. The number of hydrogen-bond donors (Lipinski definition) is 1. The number of benzene rings is 1. The number of aryl methyl sites for hydroxylation is 2. The first kappa shape index (κ1) is 14.5. The molecular formula is C16H17NO2S. The average molecular weight is 287 g/mol. The molecular weight excluding hydrogens is 270 g/mol. The summed E-state index contributed by atoms with van der Waals surface area (Å²) in [4.78, 5) is 24.3. The number of carbonyl (C=O) groups is 2. The Morgan fingerprint density at radius 1 is 1.10 bits per heavy atom. The van der Waals surface area contributed by atoms with E-state index in [0.29, 0.717) is 4.88 Å². The summed E-state index contributed by atoms with van der Waals surface area (Å²) < 4.78 is 0. The maximum Gasteiger partial charge on any atom is 0.224 e. The molecule has 0 saturated heterocycles. The van der Waals surface area contributed by atoms with E-state index in [4.69, 9.17) is 0 Å². The first-order valence-corrected chi connectivity index (χ1v) is 7.38. The Bertz CT molecular complexity index is 617. The minimum Gasteiger partial charge on any atom is -0.326 e. The van der Waals surface area contributed by atoms with E-state index < -0.39 is 0 Å². The standard InChI is InChI=1S/C16H17NO2S/c1-11-5-6-13(10-12(11)2)17-16(19)8-7-14(18)15-4-3-9-20-15/h3-6,9-10H,7-8H2,1-2H3,(H,17,19). The third kappa shape index (κ3) is 3.78. The van der Waals surface area contributed by atoms with Crippen LogP contribution in [0, 0.1) is 13.8 Å². The monoisotopic (exact) mass is 287 g/mol. The third-order valence-corrected chi connectivity index (χ3v) is 4.08. The van der Waals surface area contributed by atoms with Crippen LogP contribution in [0.25, 0.3) is 0 Å². The molecule has 2 aromatic rings. The average Bonchev–Trinajstić information content (AvgIpc) is 2.94. The van der Waals surface area contributed by atoms with Gasteiger partial charge < -0.3 is 5.32 Å². The number of nitrogens with one attached hydrogen (secondary N) is 1. The molecule has 1 amide bonds. The van der Waals surface area contributed by atoms with Crippen molar-refractivity contribution < 1.29 is 9.59 Å². The molecule has 0 saturated carbocycles. The minimum absolute atomic E-state index is 0.0234. The number of thiophene rings is 1. The molecule has 0 atom stereocenters. The summed E-state index contributed by atoms with van der Waals surface area (Å²) in [6.07, 6.45) is 0.459. The van der Waals surface area contributed by atoms with E-state index in [1.54, 1.807) is 6.07 Å². The van der Waals surface area contributed by atoms with Gasteiger partial charge in [-0.2, -0.15) is 0 Å². The highest BCUT2D eigenvalue weighted by atomic mass is 32.1. The quantitative estimate of drug-likeness (QED) is 0.846. The van der Waals surface area contributed by atoms with Crippen molar-refractivity contribution in [1.82, 2.24) is 0 Å². The van der Waals surface area contributed by atoms with Gasteiger partial charge in [-0.1, -0.05) is 12.1 Å². The molecule has 0 unspecified atom stereocenters. The Morgan fingerprint density at radius 3 is 2.55 bits per heavy atom. The fourth-order valence-corrected chi connectivity index (χ4v) is 2.52. The smallest absolute Gasteiger partial charge is 0.224 e. The lowest BCUT2D eigenvalue weighted by atomic mass is 10.1. The van der Waals surface area contributed by atoms with E-state index in [2.05, 4.69) is 5.32 Å². The Hall–Kier alpha value is -1.94. The third-order valence-electron chi connectivity index (χ3n) is 3.17. The fourth-order valence-electron chi connectivity index (χ4n) is 1.83. The second kappa shape index (κ2) is 6.48. The molecule has 3 nitrogen and oxygen atoms in total. The van der Waals surface area contributed by atoms with E-state index >= 15 is 0 Å². The van der Waals surface area contributed by atoms with Crippen LogP contribution >= 0.6 is 11.3 Å². The van der Waals surface area contributed by atoms with Gasteiger partial charge in [0.2, 0.25) is 5.91 Å². The van der Waals surface area contributed by atoms with Crippen LogP contribution in [0.15, 0.2) is 35.7 Å². The summed E-state index contributed by atoms with van der Waals surface area (Å²) in [5.74, 6) is -0.103. The highest BCUT2D eigenvalue weighted by Gasteiger charge is 2.10. The number of rotatable bonds is 5. The molecule has 0 aliphatic heterocycles. The molecule has 104 valence electrons. The van der Waals surface area contributed by atoms with E-state index in [1.165, 1.54) is 16.9 Å². The maximum absolute atomic E-state index is 11.8. The SMILES string of the molecule is Cc1ccc(NC(=O)CCC(=O)c2cccs2)cc1C. The van der Waals surface area contributed by atoms with Crippen molar-refractivity contribution in [3.63, 3.8) is 0 Å². The summed E-state index contributed by atoms with van der Waals surface area (Å²) in [7, 11) is 0. The molecule has 0 spiro atoms. The van der Waals surface area contributed by atoms with Gasteiger partial charge >= 0.3 is 0 Å². The van der Waals surface area contributed by atoms with Crippen molar-refractivity contribution in [2.24, 2.45) is 0 Å². The van der Waals surface area contributed by atoms with Crippen molar-refractivity contribution in [2.75, 3.05) is 5.32 Å². The minimum atomic E-state index is -0.127. The second-order valence-electron chi connectivity index (χ2n) is 4.75. The number of Topliss-reactive ketones (excluding diaryl/α,β-unsaturated/α-hetero) is 1. The summed E-state index contributed by atoms with van der Waals surface area (Å²) in [6.45, 7) is 4.03. The lowest BCUT2D eigenvalue weighted by Gasteiger charge is -2.07. The van der Waals surface area contributed by atoms with Crippen LogP contribution in [0.1, 0.15) is 33.6 Å². The van der Waals surface area contributed by atoms with Crippen LogP contribution in [-0.2, 0) is 4.79 Å². The van der Waals surface area contributed by atoms with Crippen LogP contribution < -0.4 is 5.32 Å². The van der Waals surface area contributed by atoms with E-state index in [9.17, 15) is 9.59 Å². The van der Waals surface area contributed by atoms with Crippen molar-refractivity contribution >= 4 is 28.7 Å². The molecule has 0 aliphatic rings. The van der Waals surface area contributed by atoms with Gasteiger partial charge in [-0.15, -0.1) is 11.3 Å². The normalized spacial score (nSPS) is 10.3. The first-order valence-electron chi connectivity index (χ1n) is 6.50. The van der Waals surface area contributed by atoms with Gasteiger partial charge in [0, 0.05) is 18.5 Å². The van der Waals surface area contributed by atoms with Gasteiger partial charge in [-0.25, -0.2) is 0 Å². The molecule has 0 radical (unpaired) electrons. The van der Waals surface area contributed by atoms with Gasteiger partial charge in [0.25, 0.3) is 0 Å². The first-order chi connectivity index (χ1) is 9.56. The molecule has 1 aromatic carbocycles. The highest BCUT2D eigenvalue weighted by Crippen LogP contribution is 2.16. The molecule has 0 bridgehead atoms. The Kier molecular flexibility index (Phi) is 4.69. The van der Waals surface area contributed by atoms with E-state index in [1.807, 2.05) is 43.5 Å². The number of amides is 1. The van der Waals surface area contributed by atoms with Gasteiger partial charge in [-0.05, 0) is 48.6 Å². The summed E-state index contributed by atoms with van der Waals surface area (Å²) in [5, 5.41) is 4.69. The summed E-state index contributed by atoms with van der Waals surface area (Å²) in [6, 6.07) is 9.42. The Balaban J connectivity index is 1.86. The van der Waals surface area contributed by atoms with Crippen LogP contribution in [0.2, 0.25) is 0 Å². The van der Waals surface area contributed by atoms with E-state index in [0.717, 1.165) is 11.3 Å². The second-order valence-corrected chi connectivity index (χ2v) is 5.70. The summed E-state index contributed by atoms with van der Waals surface area (Å²) >= 11 is 1.41. The van der Waals surface area contributed by atoms with Crippen LogP contribution in [0.4, 0.5) is 5.69 Å². The van der Waals surface area contributed by atoms with Crippen LogP contribution in [0.5, 0.6) is 0 Å². The number of ketones is 1. The van der Waals surface area contributed by atoms with Gasteiger partial charge in [0.15, 0.2) is 5.78 Å². The molecule has 0 aliphatic carbocycles. The van der Waals surface area contributed by atoms with Crippen LogP contribution in [-0.4, -0.2) is 11.7 Å².